The summed E-state index contributed by atoms with van der Waals surface area (Å²) in [6, 6.07) is 8.04. The Morgan fingerprint density at radius 2 is 2.25 bits per heavy atom. The number of aromatic nitrogens is 1. The van der Waals surface area contributed by atoms with Crippen LogP contribution in [0.4, 0.5) is 0 Å². The summed E-state index contributed by atoms with van der Waals surface area (Å²) in [5.74, 6) is -1.09. The minimum Gasteiger partial charge on any atom is -0.481 e. The maximum atomic E-state index is 10.8. The Balaban J connectivity index is 2.40. The molecular formula is C13H15NO2. The van der Waals surface area contributed by atoms with Crippen molar-refractivity contribution in [3.8, 4) is 0 Å². The highest BCUT2D eigenvalue weighted by Crippen LogP contribution is 2.22. The van der Waals surface area contributed by atoms with Crippen LogP contribution >= 0.6 is 0 Å². The summed E-state index contributed by atoms with van der Waals surface area (Å²) < 4.78 is 0. The molecule has 0 fully saturated rings. The number of rotatable bonds is 3. The van der Waals surface area contributed by atoms with Crippen molar-refractivity contribution >= 4 is 16.9 Å². The van der Waals surface area contributed by atoms with E-state index in [0.29, 0.717) is 6.42 Å². The predicted octanol–water partition coefficient (Wildman–Crippen LogP) is 2.74. The van der Waals surface area contributed by atoms with Gasteiger partial charge in [-0.3, -0.25) is 4.79 Å². The van der Waals surface area contributed by atoms with Gasteiger partial charge in [-0.25, -0.2) is 0 Å². The smallest absolute Gasteiger partial charge is 0.306 e. The molecule has 0 bridgehead atoms. The first-order valence-corrected chi connectivity index (χ1v) is 5.38. The summed E-state index contributed by atoms with van der Waals surface area (Å²) in [7, 11) is 0. The molecule has 1 aromatic heterocycles. The van der Waals surface area contributed by atoms with Gasteiger partial charge in [0.15, 0.2) is 0 Å². The molecule has 0 saturated carbocycles. The van der Waals surface area contributed by atoms with E-state index in [1.165, 1.54) is 0 Å². The number of nitrogens with one attached hydrogen (secondary N) is 1. The van der Waals surface area contributed by atoms with Gasteiger partial charge in [0.2, 0.25) is 0 Å². The van der Waals surface area contributed by atoms with Crippen LogP contribution in [0.5, 0.6) is 0 Å². The molecule has 3 nitrogen and oxygen atoms in total. The standard InChI is InChI=1S/C13H15NO2/c1-8(13(15)16)6-10-4-3-5-12-11(10)7-9(2)14-12/h3-5,7-8,14H,6H2,1-2H3,(H,15,16). The first-order valence-electron chi connectivity index (χ1n) is 5.38. The van der Waals surface area contributed by atoms with Gasteiger partial charge in [0.05, 0.1) is 5.92 Å². The fourth-order valence-corrected chi connectivity index (χ4v) is 1.95. The molecular weight excluding hydrogens is 202 g/mol. The zero-order valence-electron chi connectivity index (χ0n) is 9.45. The van der Waals surface area contributed by atoms with Crippen molar-refractivity contribution in [2.45, 2.75) is 20.3 Å². The molecule has 1 atom stereocenters. The molecule has 0 aliphatic carbocycles. The van der Waals surface area contributed by atoms with E-state index in [2.05, 4.69) is 11.1 Å². The van der Waals surface area contributed by atoms with Crippen molar-refractivity contribution in [1.29, 1.82) is 0 Å². The molecule has 0 radical (unpaired) electrons. The average Bonchev–Trinajstić information content (AvgIpc) is 2.59. The van der Waals surface area contributed by atoms with Crippen molar-refractivity contribution in [1.82, 2.24) is 4.98 Å². The van der Waals surface area contributed by atoms with Gasteiger partial charge in [0, 0.05) is 16.6 Å². The summed E-state index contributed by atoms with van der Waals surface area (Å²) in [6.45, 7) is 3.74. The lowest BCUT2D eigenvalue weighted by Crippen LogP contribution is -2.12. The molecule has 3 heteroatoms. The molecule has 1 heterocycles. The molecule has 0 amide bonds. The molecule has 0 aliphatic heterocycles. The number of aromatic amines is 1. The first kappa shape index (κ1) is 10.7. The van der Waals surface area contributed by atoms with Crippen LogP contribution in [0.2, 0.25) is 0 Å². The van der Waals surface area contributed by atoms with E-state index in [1.54, 1.807) is 6.92 Å². The van der Waals surface area contributed by atoms with Gasteiger partial charge < -0.3 is 10.1 Å². The summed E-state index contributed by atoms with van der Waals surface area (Å²) in [5.41, 5.74) is 3.27. The second-order valence-electron chi connectivity index (χ2n) is 4.27. The van der Waals surface area contributed by atoms with Gasteiger partial charge in [-0.05, 0) is 31.0 Å². The third-order valence-corrected chi connectivity index (χ3v) is 2.84. The topological polar surface area (TPSA) is 53.1 Å². The number of H-pyrrole nitrogens is 1. The van der Waals surface area contributed by atoms with Crippen molar-refractivity contribution in [3.63, 3.8) is 0 Å². The lowest BCUT2D eigenvalue weighted by Gasteiger charge is -2.07. The quantitative estimate of drug-likeness (QED) is 0.830. The Morgan fingerprint density at radius 1 is 1.50 bits per heavy atom. The van der Waals surface area contributed by atoms with E-state index in [9.17, 15) is 4.79 Å². The minimum atomic E-state index is -0.746. The summed E-state index contributed by atoms with van der Waals surface area (Å²) in [4.78, 5) is 14.1. The highest BCUT2D eigenvalue weighted by molar-refractivity contribution is 5.84. The number of hydrogen-bond donors (Lipinski definition) is 2. The number of carbonyl (C=O) groups is 1. The van der Waals surface area contributed by atoms with Crippen LogP contribution in [0.25, 0.3) is 10.9 Å². The molecule has 84 valence electrons. The van der Waals surface area contributed by atoms with Crippen molar-refractivity contribution in [3.05, 3.63) is 35.5 Å². The van der Waals surface area contributed by atoms with Crippen molar-refractivity contribution in [2.75, 3.05) is 0 Å². The zero-order valence-corrected chi connectivity index (χ0v) is 9.45. The van der Waals surface area contributed by atoms with Gasteiger partial charge in [0.1, 0.15) is 0 Å². The molecule has 0 aliphatic rings. The SMILES string of the molecule is Cc1cc2c(CC(C)C(=O)O)cccc2[nH]1. The van der Waals surface area contributed by atoms with E-state index in [0.717, 1.165) is 22.2 Å². The first-order chi connectivity index (χ1) is 7.58. The van der Waals surface area contributed by atoms with Gasteiger partial charge in [-0.2, -0.15) is 0 Å². The Morgan fingerprint density at radius 3 is 2.94 bits per heavy atom. The number of fused-ring (bicyclic) bond motifs is 1. The van der Waals surface area contributed by atoms with Gasteiger partial charge in [0.25, 0.3) is 0 Å². The highest BCUT2D eigenvalue weighted by atomic mass is 16.4. The van der Waals surface area contributed by atoms with E-state index in [-0.39, 0.29) is 5.92 Å². The maximum Gasteiger partial charge on any atom is 0.306 e. The number of carboxylic acid groups (broad SMARTS) is 1. The Labute approximate surface area is 94.1 Å². The second kappa shape index (κ2) is 4.00. The lowest BCUT2D eigenvalue weighted by atomic mass is 9.98. The fourth-order valence-electron chi connectivity index (χ4n) is 1.95. The average molecular weight is 217 g/mol. The summed E-state index contributed by atoms with van der Waals surface area (Å²) in [6.07, 6.45) is 0.573. The Bertz CT molecular complexity index is 528. The molecule has 0 spiro atoms. The number of carboxylic acids is 1. The normalized spacial score (nSPS) is 12.9. The van der Waals surface area contributed by atoms with Crippen LogP contribution in [0.15, 0.2) is 24.3 Å². The molecule has 2 aromatic rings. The highest BCUT2D eigenvalue weighted by Gasteiger charge is 2.13. The van der Waals surface area contributed by atoms with Gasteiger partial charge in [-0.1, -0.05) is 19.1 Å². The molecule has 1 unspecified atom stereocenters. The van der Waals surface area contributed by atoms with Crippen LogP contribution in [0, 0.1) is 12.8 Å². The van der Waals surface area contributed by atoms with Crippen LogP contribution in [0.3, 0.4) is 0 Å². The summed E-state index contributed by atoms with van der Waals surface area (Å²) in [5, 5.41) is 10.0. The predicted molar refractivity (Wildman–Crippen MR) is 63.5 cm³/mol. The van der Waals surface area contributed by atoms with Crippen LogP contribution in [0.1, 0.15) is 18.2 Å². The fraction of sp³-hybridized carbons (Fsp3) is 0.308. The van der Waals surface area contributed by atoms with E-state index >= 15 is 0 Å². The third kappa shape index (κ3) is 1.94. The molecule has 2 N–H and O–H groups in total. The van der Waals surface area contributed by atoms with E-state index < -0.39 is 5.97 Å². The second-order valence-corrected chi connectivity index (χ2v) is 4.27. The van der Waals surface area contributed by atoms with Crippen LogP contribution in [-0.4, -0.2) is 16.1 Å². The Hall–Kier alpha value is -1.77. The Kier molecular flexibility index (Phi) is 2.69. The third-order valence-electron chi connectivity index (χ3n) is 2.84. The largest absolute Gasteiger partial charge is 0.481 e. The van der Waals surface area contributed by atoms with E-state index in [4.69, 9.17) is 5.11 Å². The molecule has 0 saturated heterocycles. The monoisotopic (exact) mass is 217 g/mol. The maximum absolute atomic E-state index is 10.8. The van der Waals surface area contributed by atoms with Gasteiger partial charge >= 0.3 is 5.97 Å². The zero-order chi connectivity index (χ0) is 11.7. The molecule has 1 aromatic carbocycles. The number of benzene rings is 1. The van der Waals surface area contributed by atoms with Gasteiger partial charge in [-0.15, -0.1) is 0 Å². The van der Waals surface area contributed by atoms with Crippen LogP contribution < -0.4 is 0 Å². The molecule has 16 heavy (non-hydrogen) atoms. The van der Waals surface area contributed by atoms with Crippen molar-refractivity contribution < 1.29 is 9.90 Å². The summed E-state index contributed by atoms with van der Waals surface area (Å²) >= 11 is 0. The number of aliphatic carboxylic acids is 1. The molecule has 2 rings (SSSR count). The van der Waals surface area contributed by atoms with Crippen LogP contribution in [-0.2, 0) is 11.2 Å². The number of hydrogen-bond acceptors (Lipinski definition) is 1. The van der Waals surface area contributed by atoms with Crippen molar-refractivity contribution in [2.24, 2.45) is 5.92 Å². The lowest BCUT2D eigenvalue weighted by molar-refractivity contribution is -0.141. The number of aryl methyl sites for hydroxylation is 1. The van der Waals surface area contributed by atoms with E-state index in [1.807, 2.05) is 25.1 Å². The minimum absolute atomic E-state index is 0.346.